The fraction of sp³-hybridized carbons (Fsp3) is 0.321. The van der Waals surface area contributed by atoms with E-state index in [-0.39, 0.29) is 35.0 Å². The average Bonchev–Trinajstić information content (AvgIpc) is 3.26. The number of benzene rings is 2. The van der Waals surface area contributed by atoms with Crippen LogP contribution in [0.5, 0.6) is 5.75 Å². The van der Waals surface area contributed by atoms with Gasteiger partial charge in [0.05, 0.1) is 17.2 Å². The number of carbonyl (C=O) groups is 2. The molecule has 0 saturated carbocycles. The Bertz CT molecular complexity index is 1460. The zero-order valence-corrected chi connectivity index (χ0v) is 20.6. The van der Waals surface area contributed by atoms with Gasteiger partial charge in [0.15, 0.2) is 0 Å². The van der Waals surface area contributed by atoms with Gasteiger partial charge in [0, 0.05) is 36.0 Å². The molecule has 0 amide bonds. The average molecular weight is 507 g/mol. The van der Waals surface area contributed by atoms with Crippen molar-refractivity contribution in [3.63, 3.8) is 0 Å². The molecular weight excluding hydrogens is 476 g/mol. The summed E-state index contributed by atoms with van der Waals surface area (Å²) in [5.74, 6) is -3.20. The molecule has 9 nitrogen and oxygen atoms in total. The fourth-order valence-corrected chi connectivity index (χ4v) is 5.21. The van der Waals surface area contributed by atoms with Crippen molar-refractivity contribution in [3.05, 3.63) is 86.2 Å². The lowest BCUT2D eigenvalue weighted by Gasteiger charge is -2.18. The van der Waals surface area contributed by atoms with E-state index >= 15 is 0 Å². The van der Waals surface area contributed by atoms with Crippen molar-refractivity contribution in [1.29, 1.82) is 0 Å². The van der Waals surface area contributed by atoms with Gasteiger partial charge < -0.3 is 30.7 Å². The number of carboxylic acid groups (broad SMARTS) is 2. The molecule has 1 heterocycles. The Balaban J connectivity index is 1.51. The van der Waals surface area contributed by atoms with Crippen LogP contribution in [0.25, 0.3) is 10.9 Å². The van der Waals surface area contributed by atoms with Gasteiger partial charge in [-0.1, -0.05) is 32.0 Å². The summed E-state index contributed by atoms with van der Waals surface area (Å²) < 4.78 is 0. The molecule has 37 heavy (non-hydrogen) atoms. The van der Waals surface area contributed by atoms with Crippen LogP contribution in [0.2, 0.25) is 0 Å². The maximum atomic E-state index is 11.7. The number of carboxylic acids is 2. The van der Waals surface area contributed by atoms with Crippen molar-refractivity contribution in [3.8, 4) is 5.75 Å². The third-order valence-electron chi connectivity index (χ3n) is 7.10. The minimum atomic E-state index is -1.29. The highest BCUT2D eigenvalue weighted by molar-refractivity contribution is 5.96. The number of nitrogens with one attached hydrogen (secondary N) is 2. The summed E-state index contributed by atoms with van der Waals surface area (Å²) in [5, 5.41) is 43.6. The van der Waals surface area contributed by atoms with Gasteiger partial charge in [-0.15, -0.1) is 0 Å². The lowest BCUT2D eigenvalue weighted by Crippen LogP contribution is -2.33. The number of phenolic OH excluding ortho intramolecular Hbond substituents is 1. The maximum absolute atomic E-state index is 11.7. The topological polar surface area (TPSA) is 160 Å². The first-order valence-corrected chi connectivity index (χ1v) is 12.2. The number of fused-ring (bicyclic) bond motifs is 2. The minimum Gasteiger partial charge on any atom is -0.506 e. The van der Waals surface area contributed by atoms with Gasteiger partial charge in [0.1, 0.15) is 5.75 Å². The third kappa shape index (κ3) is 5.42. The Morgan fingerprint density at radius 2 is 1.81 bits per heavy atom. The predicted molar refractivity (Wildman–Crippen MR) is 138 cm³/mol. The second-order valence-corrected chi connectivity index (χ2v) is 9.45. The van der Waals surface area contributed by atoms with Crippen LogP contribution in [0.1, 0.15) is 53.7 Å². The minimum absolute atomic E-state index is 0.0524. The van der Waals surface area contributed by atoms with Crippen LogP contribution < -0.4 is 10.9 Å². The normalized spacial score (nSPS) is 16.9. The summed E-state index contributed by atoms with van der Waals surface area (Å²) >= 11 is 0. The number of aliphatic carboxylic acids is 2. The highest BCUT2D eigenvalue weighted by Crippen LogP contribution is 2.34. The molecule has 0 saturated heterocycles. The highest BCUT2D eigenvalue weighted by atomic mass is 16.4. The summed E-state index contributed by atoms with van der Waals surface area (Å²) in [6.45, 7) is 3.95. The number of aliphatic hydroxyl groups is 1. The van der Waals surface area contributed by atoms with Crippen LogP contribution in [0.3, 0.4) is 0 Å². The molecule has 1 aliphatic rings. The fourth-order valence-electron chi connectivity index (χ4n) is 5.21. The van der Waals surface area contributed by atoms with Crippen molar-refractivity contribution in [2.24, 2.45) is 0 Å². The second kappa shape index (κ2) is 10.6. The number of aromatic nitrogens is 1. The molecule has 2 unspecified atom stereocenters. The smallest absolute Gasteiger partial charge is 0.332 e. The predicted octanol–water partition coefficient (Wildman–Crippen LogP) is 2.79. The van der Waals surface area contributed by atoms with E-state index in [2.05, 4.69) is 16.4 Å². The van der Waals surface area contributed by atoms with Gasteiger partial charge in [-0.05, 0) is 59.2 Å². The molecule has 0 radical (unpaired) electrons. The number of pyridine rings is 1. The monoisotopic (exact) mass is 506 g/mol. The molecule has 194 valence electrons. The molecule has 0 spiro atoms. The van der Waals surface area contributed by atoms with Crippen LogP contribution in [0.4, 0.5) is 0 Å². The van der Waals surface area contributed by atoms with Crippen LogP contribution in [-0.4, -0.2) is 49.9 Å². The molecule has 4 rings (SSSR count). The molecule has 0 fully saturated rings. The first-order valence-electron chi connectivity index (χ1n) is 12.2. The zero-order valence-electron chi connectivity index (χ0n) is 20.6. The van der Waals surface area contributed by atoms with E-state index in [1.807, 2.05) is 13.0 Å². The van der Waals surface area contributed by atoms with Gasteiger partial charge in [0.2, 0.25) is 5.56 Å². The summed E-state index contributed by atoms with van der Waals surface area (Å²) in [6.07, 6.45) is 1.98. The van der Waals surface area contributed by atoms with Gasteiger partial charge >= 0.3 is 11.9 Å². The summed E-state index contributed by atoms with van der Waals surface area (Å²) in [7, 11) is 0. The first kappa shape index (κ1) is 26.1. The summed E-state index contributed by atoms with van der Waals surface area (Å²) in [6, 6.07) is 10.1. The molecule has 9 heteroatoms. The lowest BCUT2D eigenvalue weighted by molar-refractivity contribution is -0.135. The van der Waals surface area contributed by atoms with E-state index in [4.69, 9.17) is 5.11 Å². The number of aromatic amines is 1. The highest BCUT2D eigenvalue weighted by Gasteiger charge is 2.27. The van der Waals surface area contributed by atoms with Crippen LogP contribution >= 0.6 is 0 Å². The quantitative estimate of drug-likeness (QED) is 0.242. The van der Waals surface area contributed by atoms with Gasteiger partial charge in [-0.2, -0.15) is 0 Å². The van der Waals surface area contributed by atoms with Crippen molar-refractivity contribution < 1.29 is 30.0 Å². The van der Waals surface area contributed by atoms with Crippen LogP contribution in [-0.2, 0) is 28.9 Å². The Hall–Kier alpha value is -3.95. The second-order valence-electron chi connectivity index (χ2n) is 9.45. The van der Waals surface area contributed by atoms with E-state index < -0.39 is 24.0 Å². The lowest BCUT2D eigenvalue weighted by atomic mass is 9.86. The molecule has 1 aliphatic carbocycles. The maximum Gasteiger partial charge on any atom is 0.332 e. The number of aryl methyl sites for hydroxylation is 1. The third-order valence-corrected chi connectivity index (χ3v) is 7.10. The molecule has 0 aliphatic heterocycles. The SMILES string of the molecule is CCc1cc2c(cc1C(C)/C(=C/C(=O)O)C(=O)O)CC(NC[C@H](O)c1ccc(O)c3[nH]c(=O)ccc13)C2. The number of rotatable bonds is 9. The van der Waals surface area contributed by atoms with E-state index in [0.717, 1.165) is 34.8 Å². The van der Waals surface area contributed by atoms with Crippen molar-refractivity contribution >= 4 is 22.8 Å². The van der Waals surface area contributed by atoms with E-state index in [9.17, 15) is 29.7 Å². The Kier molecular flexibility index (Phi) is 7.47. The van der Waals surface area contributed by atoms with Gasteiger partial charge in [-0.25, -0.2) is 9.59 Å². The van der Waals surface area contributed by atoms with E-state index in [1.165, 1.54) is 12.1 Å². The van der Waals surface area contributed by atoms with Crippen molar-refractivity contribution in [2.75, 3.05) is 6.54 Å². The summed E-state index contributed by atoms with van der Waals surface area (Å²) in [4.78, 5) is 37.1. The van der Waals surface area contributed by atoms with Crippen molar-refractivity contribution in [1.82, 2.24) is 10.3 Å². The number of phenols is 1. The molecular formula is C28H30N2O7. The summed E-state index contributed by atoms with van der Waals surface area (Å²) in [5.41, 5.74) is 4.36. The molecule has 6 N–H and O–H groups in total. The number of hydrogen-bond acceptors (Lipinski definition) is 6. The Labute approximate surface area is 213 Å². The molecule has 3 atom stereocenters. The van der Waals surface area contributed by atoms with Gasteiger partial charge in [-0.3, -0.25) is 4.79 Å². The Morgan fingerprint density at radius 3 is 2.46 bits per heavy atom. The van der Waals surface area contributed by atoms with E-state index in [1.54, 1.807) is 19.1 Å². The largest absolute Gasteiger partial charge is 0.506 e. The number of H-pyrrole nitrogens is 1. The number of aliphatic hydroxyl groups excluding tert-OH is 1. The molecule has 0 bridgehead atoms. The zero-order chi connectivity index (χ0) is 26.9. The van der Waals surface area contributed by atoms with Gasteiger partial charge in [0.25, 0.3) is 0 Å². The van der Waals surface area contributed by atoms with E-state index in [0.29, 0.717) is 23.8 Å². The van der Waals surface area contributed by atoms with Crippen LogP contribution in [0.15, 0.2) is 52.8 Å². The standard InChI is InChI=1S/C28H30N2O7/c1-3-15-8-16-9-18(10-17(16)11-21(15)14(2)22(28(36)37)12-26(34)35)29-13-24(32)19-4-6-23(31)27-20(19)5-7-25(33)30-27/h4-8,11-12,14,18,24,29,31-32H,3,9-10,13H2,1-2H3,(H,30,33)(H,34,35)(H,36,37)/b22-12-/t14?,18?,24-/m0/s1. The van der Waals surface area contributed by atoms with Crippen molar-refractivity contribution in [2.45, 2.75) is 51.2 Å². The number of aromatic hydroxyl groups is 1. The first-order chi connectivity index (χ1) is 17.6. The molecule has 1 aromatic heterocycles. The molecule has 2 aromatic carbocycles. The number of hydrogen-bond donors (Lipinski definition) is 6. The van der Waals surface area contributed by atoms with Crippen LogP contribution in [0, 0.1) is 0 Å². The Morgan fingerprint density at radius 1 is 1.11 bits per heavy atom. The molecule has 3 aromatic rings.